The first kappa shape index (κ1) is 14.8. The van der Waals surface area contributed by atoms with E-state index in [0.717, 1.165) is 18.6 Å². The number of rotatable bonds is 8. The van der Waals surface area contributed by atoms with Crippen molar-refractivity contribution in [2.24, 2.45) is 11.1 Å². The molecular weight excluding hydrogens is 228 g/mol. The molecular formula is C14H24N2O2. The second-order valence-corrected chi connectivity index (χ2v) is 4.77. The third-order valence-electron chi connectivity index (χ3n) is 3.77. The quantitative estimate of drug-likeness (QED) is 0.744. The third kappa shape index (κ3) is 4.18. The average Bonchev–Trinajstić information content (AvgIpc) is 2.92. The Morgan fingerprint density at radius 3 is 2.67 bits per heavy atom. The summed E-state index contributed by atoms with van der Waals surface area (Å²) in [6.45, 7) is 5.50. The molecule has 1 amide bonds. The van der Waals surface area contributed by atoms with Crippen molar-refractivity contribution in [3.8, 4) is 0 Å². The highest BCUT2D eigenvalue weighted by Crippen LogP contribution is 2.23. The lowest BCUT2D eigenvalue weighted by Gasteiger charge is -2.30. The maximum atomic E-state index is 11.7. The van der Waals surface area contributed by atoms with E-state index >= 15 is 0 Å². The minimum absolute atomic E-state index is 0.0420. The molecule has 1 aromatic rings. The van der Waals surface area contributed by atoms with Gasteiger partial charge < -0.3 is 15.5 Å². The number of furan rings is 1. The molecule has 0 saturated carbocycles. The van der Waals surface area contributed by atoms with E-state index in [1.54, 1.807) is 6.26 Å². The van der Waals surface area contributed by atoms with Crippen molar-refractivity contribution in [1.29, 1.82) is 0 Å². The molecule has 0 aromatic carbocycles. The van der Waals surface area contributed by atoms with Crippen LogP contribution in [0.1, 0.15) is 38.9 Å². The number of aryl methyl sites for hydroxylation is 1. The lowest BCUT2D eigenvalue weighted by atomic mass is 9.82. The predicted octanol–water partition coefficient (Wildman–Crippen LogP) is 2.09. The van der Waals surface area contributed by atoms with Gasteiger partial charge in [0, 0.05) is 19.4 Å². The van der Waals surface area contributed by atoms with Gasteiger partial charge in [0.15, 0.2) is 0 Å². The molecule has 0 bridgehead atoms. The fourth-order valence-corrected chi connectivity index (χ4v) is 1.93. The summed E-state index contributed by atoms with van der Waals surface area (Å²) < 4.78 is 5.19. The van der Waals surface area contributed by atoms with Crippen LogP contribution in [0.4, 0.5) is 0 Å². The van der Waals surface area contributed by atoms with Gasteiger partial charge in [-0.15, -0.1) is 0 Å². The smallest absolute Gasteiger partial charge is 0.220 e. The first-order valence-corrected chi connectivity index (χ1v) is 6.65. The molecule has 0 atom stereocenters. The van der Waals surface area contributed by atoms with Crippen LogP contribution in [-0.2, 0) is 11.2 Å². The van der Waals surface area contributed by atoms with Gasteiger partial charge >= 0.3 is 0 Å². The van der Waals surface area contributed by atoms with Gasteiger partial charge in [0.2, 0.25) is 5.91 Å². The number of hydrogen-bond donors (Lipinski definition) is 2. The number of carbonyl (C=O) groups excluding carboxylic acids is 1. The van der Waals surface area contributed by atoms with Crippen molar-refractivity contribution >= 4 is 5.91 Å². The van der Waals surface area contributed by atoms with Crippen molar-refractivity contribution in [3.63, 3.8) is 0 Å². The highest BCUT2D eigenvalue weighted by molar-refractivity contribution is 5.76. The van der Waals surface area contributed by atoms with Crippen LogP contribution in [0.2, 0.25) is 0 Å². The number of nitrogens with one attached hydrogen (secondary N) is 1. The van der Waals surface area contributed by atoms with Crippen LogP contribution in [-0.4, -0.2) is 19.0 Å². The van der Waals surface area contributed by atoms with Crippen LogP contribution < -0.4 is 11.1 Å². The topological polar surface area (TPSA) is 68.3 Å². The lowest BCUT2D eigenvalue weighted by Crippen LogP contribution is -2.41. The summed E-state index contributed by atoms with van der Waals surface area (Å²) in [6, 6.07) is 3.72. The summed E-state index contributed by atoms with van der Waals surface area (Å²) in [7, 11) is 0. The number of hydrogen-bond acceptors (Lipinski definition) is 3. The van der Waals surface area contributed by atoms with Gasteiger partial charge in [-0.05, 0) is 36.9 Å². The van der Waals surface area contributed by atoms with E-state index in [4.69, 9.17) is 10.2 Å². The Labute approximate surface area is 109 Å². The van der Waals surface area contributed by atoms with Crippen molar-refractivity contribution in [3.05, 3.63) is 24.2 Å². The maximum absolute atomic E-state index is 11.7. The highest BCUT2D eigenvalue weighted by atomic mass is 16.3. The SMILES string of the molecule is CCC(CC)(CN)CNC(=O)CCc1ccco1. The van der Waals surface area contributed by atoms with Crippen LogP contribution in [0.3, 0.4) is 0 Å². The normalized spacial score (nSPS) is 11.5. The molecule has 4 heteroatoms. The monoisotopic (exact) mass is 252 g/mol. The zero-order chi connectivity index (χ0) is 13.4. The summed E-state index contributed by atoms with van der Waals surface area (Å²) in [4.78, 5) is 11.7. The van der Waals surface area contributed by atoms with E-state index in [1.165, 1.54) is 0 Å². The molecule has 3 N–H and O–H groups in total. The van der Waals surface area contributed by atoms with Crippen molar-refractivity contribution in [2.45, 2.75) is 39.5 Å². The molecule has 0 aliphatic carbocycles. The molecule has 18 heavy (non-hydrogen) atoms. The van der Waals surface area contributed by atoms with E-state index in [9.17, 15) is 4.79 Å². The molecule has 1 aromatic heterocycles. The standard InChI is InChI=1S/C14H24N2O2/c1-3-14(4-2,10-15)11-16-13(17)8-7-12-6-5-9-18-12/h5-6,9H,3-4,7-8,10-11,15H2,1-2H3,(H,16,17). The van der Waals surface area contributed by atoms with Crippen LogP contribution in [0.5, 0.6) is 0 Å². The molecule has 0 spiro atoms. The second kappa shape index (κ2) is 7.21. The summed E-state index contributed by atoms with van der Waals surface area (Å²) in [5.74, 6) is 0.910. The average molecular weight is 252 g/mol. The maximum Gasteiger partial charge on any atom is 0.220 e. The van der Waals surface area contributed by atoms with Gasteiger partial charge in [0.1, 0.15) is 5.76 Å². The molecule has 0 radical (unpaired) electrons. The van der Waals surface area contributed by atoms with Crippen molar-refractivity contribution in [2.75, 3.05) is 13.1 Å². The van der Waals surface area contributed by atoms with Crippen LogP contribution in [0.25, 0.3) is 0 Å². The Balaban J connectivity index is 2.32. The summed E-state index contributed by atoms with van der Waals surface area (Å²) >= 11 is 0. The first-order chi connectivity index (χ1) is 8.65. The van der Waals surface area contributed by atoms with E-state index in [0.29, 0.717) is 25.9 Å². The molecule has 0 saturated heterocycles. The summed E-state index contributed by atoms with van der Waals surface area (Å²) in [6.07, 6.45) is 4.70. The Kier molecular flexibility index (Phi) is 5.92. The van der Waals surface area contributed by atoms with Crippen LogP contribution in [0.15, 0.2) is 22.8 Å². The van der Waals surface area contributed by atoms with Gasteiger partial charge in [0.25, 0.3) is 0 Å². The van der Waals surface area contributed by atoms with Gasteiger partial charge in [-0.3, -0.25) is 4.79 Å². The Hall–Kier alpha value is -1.29. The molecule has 0 aliphatic heterocycles. The molecule has 0 fully saturated rings. The molecule has 1 heterocycles. The first-order valence-electron chi connectivity index (χ1n) is 6.65. The molecule has 0 aliphatic rings. The van der Waals surface area contributed by atoms with Gasteiger partial charge in [0.05, 0.1) is 6.26 Å². The fourth-order valence-electron chi connectivity index (χ4n) is 1.93. The molecule has 1 rings (SSSR count). The van der Waals surface area contributed by atoms with Gasteiger partial charge in [-0.1, -0.05) is 13.8 Å². The Bertz CT molecular complexity index is 334. The molecule has 0 unspecified atom stereocenters. The van der Waals surface area contributed by atoms with Gasteiger partial charge in [-0.2, -0.15) is 0 Å². The zero-order valence-electron chi connectivity index (χ0n) is 11.4. The zero-order valence-corrected chi connectivity index (χ0v) is 11.4. The van der Waals surface area contributed by atoms with E-state index in [1.807, 2.05) is 12.1 Å². The predicted molar refractivity (Wildman–Crippen MR) is 72.1 cm³/mol. The van der Waals surface area contributed by atoms with Crippen LogP contribution >= 0.6 is 0 Å². The van der Waals surface area contributed by atoms with Gasteiger partial charge in [-0.25, -0.2) is 0 Å². The lowest BCUT2D eigenvalue weighted by molar-refractivity contribution is -0.121. The fraction of sp³-hybridized carbons (Fsp3) is 0.643. The van der Waals surface area contributed by atoms with E-state index in [-0.39, 0.29) is 11.3 Å². The minimum atomic E-state index is 0.0420. The number of nitrogens with two attached hydrogens (primary N) is 1. The highest BCUT2D eigenvalue weighted by Gasteiger charge is 2.24. The third-order valence-corrected chi connectivity index (χ3v) is 3.77. The largest absolute Gasteiger partial charge is 0.469 e. The minimum Gasteiger partial charge on any atom is -0.469 e. The van der Waals surface area contributed by atoms with E-state index < -0.39 is 0 Å². The van der Waals surface area contributed by atoms with E-state index in [2.05, 4.69) is 19.2 Å². The Morgan fingerprint density at radius 1 is 1.44 bits per heavy atom. The number of amides is 1. The Morgan fingerprint density at radius 2 is 2.17 bits per heavy atom. The molecule has 4 nitrogen and oxygen atoms in total. The van der Waals surface area contributed by atoms with Crippen molar-refractivity contribution in [1.82, 2.24) is 5.32 Å². The van der Waals surface area contributed by atoms with Crippen molar-refractivity contribution < 1.29 is 9.21 Å². The number of carbonyl (C=O) groups is 1. The molecule has 102 valence electrons. The second-order valence-electron chi connectivity index (χ2n) is 4.77. The summed E-state index contributed by atoms with van der Waals surface area (Å²) in [5, 5.41) is 2.98. The summed E-state index contributed by atoms with van der Waals surface area (Å²) in [5.41, 5.74) is 5.84. The van der Waals surface area contributed by atoms with Crippen LogP contribution in [0, 0.1) is 5.41 Å².